The van der Waals surface area contributed by atoms with E-state index in [4.69, 9.17) is 0 Å². The maximum absolute atomic E-state index is 12.6. The number of carbonyl (C=O) groups is 1. The highest BCUT2D eigenvalue weighted by atomic mass is 32.1. The number of urea groups is 1. The summed E-state index contributed by atoms with van der Waals surface area (Å²) in [4.78, 5) is 17.2. The number of aromatic nitrogens is 2. The van der Waals surface area contributed by atoms with Crippen molar-refractivity contribution >= 4 is 17.6 Å². The van der Waals surface area contributed by atoms with E-state index < -0.39 is 0 Å². The number of hydrogen-bond acceptors (Lipinski definition) is 5. The number of nitrogens with one attached hydrogen (secondary N) is 1. The highest BCUT2D eigenvalue weighted by Crippen LogP contribution is 2.40. The molecule has 1 aromatic heterocycles. The summed E-state index contributed by atoms with van der Waals surface area (Å²) in [6, 6.07) is 10.6. The number of benzene rings is 1. The topological polar surface area (TPSA) is 61.4 Å². The summed E-state index contributed by atoms with van der Waals surface area (Å²) < 4.78 is 3.88. The molecule has 7 heteroatoms. The van der Waals surface area contributed by atoms with Crippen LogP contribution in [0.3, 0.4) is 0 Å². The fourth-order valence-electron chi connectivity index (χ4n) is 4.25. The fraction of sp³-hybridized carbons (Fsp3) is 0.550. The molecule has 144 valence electrons. The molecule has 3 heterocycles. The average Bonchev–Trinajstić information content (AvgIpc) is 3.36. The van der Waals surface area contributed by atoms with E-state index in [2.05, 4.69) is 50.1 Å². The Morgan fingerprint density at radius 2 is 1.96 bits per heavy atom. The SMILES string of the molecule is CC(NC(=O)N1CCC2(CCN(Cc3ccccc3)CC2)C1)c1csnn1. The van der Waals surface area contributed by atoms with E-state index in [1.54, 1.807) is 0 Å². The first kappa shape index (κ1) is 18.4. The third-order valence-electron chi connectivity index (χ3n) is 6.05. The number of nitrogens with zero attached hydrogens (tertiary/aromatic N) is 4. The molecule has 4 rings (SSSR count). The van der Waals surface area contributed by atoms with E-state index in [9.17, 15) is 4.79 Å². The third-order valence-corrected chi connectivity index (χ3v) is 6.57. The highest BCUT2D eigenvalue weighted by Gasteiger charge is 2.42. The summed E-state index contributed by atoms with van der Waals surface area (Å²) >= 11 is 1.31. The van der Waals surface area contributed by atoms with Crippen LogP contribution >= 0.6 is 11.5 Å². The second-order valence-electron chi connectivity index (χ2n) is 7.93. The van der Waals surface area contributed by atoms with Crippen LogP contribution in [0.25, 0.3) is 0 Å². The van der Waals surface area contributed by atoms with Gasteiger partial charge in [0.2, 0.25) is 0 Å². The lowest BCUT2D eigenvalue weighted by Crippen LogP contribution is -2.44. The van der Waals surface area contributed by atoms with Crippen LogP contribution < -0.4 is 5.32 Å². The first-order chi connectivity index (χ1) is 13.1. The zero-order chi connectivity index (χ0) is 18.7. The van der Waals surface area contributed by atoms with Crippen molar-refractivity contribution in [2.24, 2.45) is 5.41 Å². The number of rotatable bonds is 4. The summed E-state index contributed by atoms with van der Waals surface area (Å²) in [5.74, 6) is 0. The Hall–Kier alpha value is -1.99. The van der Waals surface area contributed by atoms with Crippen molar-refractivity contribution in [1.29, 1.82) is 0 Å². The van der Waals surface area contributed by atoms with Gasteiger partial charge in [-0.3, -0.25) is 4.90 Å². The van der Waals surface area contributed by atoms with Crippen LogP contribution in [0.15, 0.2) is 35.7 Å². The van der Waals surface area contributed by atoms with E-state index in [-0.39, 0.29) is 12.1 Å². The van der Waals surface area contributed by atoms with Crippen molar-refractivity contribution in [2.45, 2.75) is 38.8 Å². The van der Waals surface area contributed by atoms with Crippen molar-refractivity contribution in [3.63, 3.8) is 0 Å². The molecular weight excluding hydrogens is 358 g/mol. The Morgan fingerprint density at radius 3 is 2.67 bits per heavy atom. The van der Waals surface area contributed by atoms with Crippen LogP contribution in [-0.4, -0.2) is 51.6 Å². The zero-order valence-electron chi connectivity index (χ0n) is 15.8. The molecule has 27 heavy (non-hydrogen) atoms. The Balaban J connectivity index is 1.27. The van der Waals surface area contributed by atoms with Crippen LogP contribution in [0.1, 0.15) is 43.5 Å². The van der Waals surface area contributed by atoms with Crippen LogP contribution in [0.2, 0.25) is 0 Å². The quantitative estimate of drug-likeness (QED) is 0.877. The molecule has 2 aliphatic heterocycles. The second-order valence-corrected chi connectivity index (χ2v) is 8.54. The van der Waals surface area contributed by atoms with Gasteiger partial charge in [-0.1, -0.05) is 34.8 Å². The Morgan fingerprint density at radius 1 is 1.22 bits per heavy atom. The fourth-order valence-corrected chi connectivity index (χ4v) is 4.80. The molecule has 1 N–H and O–H groups in total. The van der Waals surface area contributed by atoms with Gasteiger partial charge in [0.25, 0.3) is 0 Å². The maximum atomic E-state index is 12.6. The monoisotopic (exact) mass is 385 g/mol. The van der Waals surface area contributed by atoms with Gasteiger partial charge in [0.05, 0.1) is 11.7 Å². The van der Waals surface area contributed by atoms with Crippen molar-refractivity contribution in [1.82, 2.24) is 24.7 Å². The second kappa shape index (κ2) is 7.94. The molecule has 0 saturated carbocycles. The number of carbonyl (C=O) groups excluding carboxylic acids is 1. The minimum atomic E-state index is -0.0967. The normalized spacial score (nSPS) is 20.7. The Kier molecular flexibility index (Phi) is 5.41. The van der Waals surface area contributed by atoms with Gasteiger partial charge in [0.15, 0.2) is 0 Å². The Labute approximate surface area is 164 Å². The molecule has 1 spiro atoms. The van der Waals surface area contributed by atoms with Crippen molar-refractivity contribution in [3.8, 4) is 0 Å². The van der Waals surface area contributed by atoms with E-state index >= 15 is 0 Å². The summed E-state index contributed by atoms with van der Waals surface area (Å²) in [5.41, 5.74) is 2.51. The van der Waals surface area contributed by atoms with E-state index in [1.807, 2.05) is 17.2 Å². The predicted molar refractivity (Wildman–Crippen MR) is 106 cm³/mol. The average molecular weight is 386 g/mol. The van der Waals surface area contributed by atoms with E-state index in [0.29, 0.717) is 5.41 Å². The van der Waals surface area contributed by atoms with Gasteiger partial charge < -0.3 is 10.2 Å². The minimum absolute atomic E-state index is 0.0269. The van der Waals surface area contributed by atoms with Crippen molar-refractivity contribution < 1.29 is 4.79 Å². The van der Waals surface area contributed by atoms with Crippen LogP contribution in [-0.2, 0) is 6.54 Å². The third kappa shape index (κ3) is 4.30. The zero-order valence-corrected chi connectivity index (χ0v) is 16.6. The molecule has 2 aromatic rings. The van der Waals surface area contributed by atoms with Gasteiger partial charge in [-0.05, 0) is 61.8 Å². The summed E-state index contributed by atoms with van der Waals surface area (Å²) in [7, 11) is 0. The molecule has 2 aliphatic rings. The van der Waals surface area contributed by atoms with Gasteiger partial charge in [0, 0.05) is 25.0 Å². The van der Waals surface area contributed by atoms with E-state index in [0.717, 1.165) is 44.8 Å². The Bertz CT molecular complexity index is 743. The van der Waals surface area contributed by atoms with Gasteiger partial charge in [0.1, 0.15) is 0 Å². The van der Waals surface area contributed by atoms with Crippen molar-refractivity contribution in [2.75, 3.05) is 26.2 Å². The highest BCUT2D eigenvalue weighted by molar-refractivity contribution is 7.03. The molecule has 6 nitrogen and oxygen atoms in total. The molecule has 1 aromatic carbocycles. The largest absolute Gasteiger partial charge is 0.330 e. The molecule has 0 bridgehead atoms. The van der Waals surface area contributed by atoms with Gasteiger partial charge in [-0.25, -0.2) is 4.79 Å². The summed E-state index contributed by atoms with van der Waals surface area (Å²) in [5, 5.41) is 9.01. The molecule has 2 amide bonds. The maximum Gasteiger partial charge on any atom is 0.317 e. The molecule has 0 radical (unpaired) electrons. The molecular formula is C20H27N5OS. The molecule has 1 atom stereocenters. The lowest BCUT2D eigenvalue weighted by molar-refractivity contribution is 0.105. The summed E-state index contributed by atoms with van der Waals surface area (Å²) in [6.45, 7) is 6.95. The predicted octanol–water partition coefficient (Wildman–Crippen LogP) is 3.30. The summed E-state index contributed by atoms with van der Waals surface area (Å²) in [6.07, 6.45) is 3.47. The molecule has 2 saturated heterocycles. The van der Waals surface area contributed by atoms with E-state index in [1.165, 1.54) is 29.9 Å². The van der Waals surface area contributed by atoms with Crippen LogP contribution in [0, 0.1) is 5.41 Å². The smallest absolute Gasteiger partial charge is 0.317 e. The number of amides is 2. The van der Waals surface area contributed by atoms with Crippen molar-refractivity contribution in [3.05, 3.63) is 47.0 Å². The van der Waals surface area contributed by atoms with Crippen LogP contribution in [0.4, 0.5) is 4.79 Å². The van der Waals surface area contributed by atoms with Crippen LogP contribution in [0.5, 0.6) is 0 Å². The number of hydrogen-bond donors (Lipinski definition) is 1. The lowest BCUT2D eigenvalue weighted by Gasteiger charge is -2.39. The molecule has 2 fully saturated rings. The number of piperidine rings is 1. The first-order valence-corrected chi connectivity index (χ1v) is 10.6. The number of likely N-dealkylation sites (tertiary alicyclic amines) is 2. The van der Waals surface area contributed by atoms with Gasteiger partial charge in [-0.2, -0.15) is 0 Å². The van der Waals surface area contributed by atoms with Gasteiger partial charge >= 0.3 is 6.03 Å². The minimum Gasteiger partial charge on any atom is -0.330 e. The van der Waals surface area contributed by atoms with Gasteiger partial charge in [-0.15, -0.1) is 5.10 Å². The lowest BCUT2D eigenvalue weighted by atomic mass is 9.77. The molecule has 0 aliphatic carbocycles. The molecule has 1 unspecified atom stereocenters. The standard InChI is InChI=1S/C20H27N5OS/c1-16(18-14-27-23-22-18)21-19(26)25-12-9-20(15-25)7-10-24(11-8-20)13-17-5-3-2-4-6-17/h2-6,14,16H,7-13,15H2,1H3,(H,21,26). The first-order valence-electron chi connectivity index (χ1n) is 9.72.